The predicted molar refractivity (Wildman–Crippen MR) is 205 cm³/mol. The maximum Gasteiger partial charge on any atom is 0.378 e. The fourth-order valence-corrected chi connectivity index (χ4v) is 4.91. The summed E-state index contributed by atoms with van der Waals surface area (Å²) >= 11 is 0. The molecule has 0 saturated heterocycles. The van der Waals surface area contributed by atoms with E-state index in [4.69, 9.17) is 42.0 Å². The molecule has 338 valence electrons. The molecular weight excluding hydrogens is 849 g/mol. The number of furan rings is 1. The van der Waals surface area contributed by atoms with Crippen LogP contribution in [0.1, 0.15) is 45.2 Å². The van der Waals surface area contributed by atoms with Crippen molar-refractivity contribution in [3.05, 3.63) is 54.2 Å². The molecule has 23 nitrogen and oxygen atoms in total. The first-order valence-electron chi connectivity index (χ1n) is 18.2. The van der Waals surface area contributed by atoms with Crippen LogP contribution in [-0.2, 0) is 71.5 Å². The highest BCUT2D eigenvalue weighted by Gasteiger charge is 2.25. The Hall–Kier alpha value is -7.92. The van der Waals surface area contributed by atoms with Gasteiger partial charge in [-0.2, -0.15) is 0 Å². The van der Waals surface area contributed by atoms with Crippen molar-refractivity contribution in [1.29, 1.82) is 0 Å². The van der Waals surface area contributed by atoms with E-state index in [1.165, 1.54) is 29.2 Å². The summed E-state index contributed by atoms with van der Waals surface area (Å²) in [5, 5.41) is 0.329. The second-order valence-electron chi connectivity index (χ2n) is 12.5. The third-order valence-electron chi connectivity index (χ3n) is 7.62. The molecule has 0 aliphatic heterocycles. The molecule has 4 aromatic rings. The molecule has 0 atom stereocenters. The summed E-state index contributed by atoms with van der Waals surface area (Å²) in [6.45, 7) is 0.684. The minimum Gasteiger partial charge on any atom is -0.488 e. The number of carbonyl (C=O) groups is 8. The van der Waals surface area contributed by atoms with Crippen LogP contribution in [0.4, 0.5) is 15.8 Å². The number of rotatable bonds is 23. The summed E-state index contributed by atoms with van der Waals surface area (Å²) in [5.41, 5.74) is 0.266. The maximum atomic E-state index is 14.5. The molecule has 0 saturated carbocycles. The minimum absolute atomic E-state index is 0.000187. The van der Waals surface area contributed by atoms with Gasteiger partial charge in [0, 0.05) is 52.1 Å². The summed E-state index contributed by atoms with van der Waals surface area (Å²) in [6.07, 6.45) is 1.04. The number of oxazole rings is 1. The molecule has 0 radical (unpaired) electrons. The lowest BCUT2D eigenvalue weighted by Gasteiger charge is -2.26. The second kappa shape index (κ2) is 23.2. The lowest BCUT2D eigenvalue weighted by atomic mass is 10.2. The number of hydrogen-bond acceptors (Lipinski definition) is 23. The van der Waals surface area contributed by atoms with E-state index in [2.05, 4.69) is 19.2 Å². The Labute approximate surface area is 355 Å². The number of hydrogen-bond donors (Lipinski definition) is 0. The zero-order chi connectivity index (χ0) is 46.1. The van der Waals surface area contributed by atoms with Crippen LogP contribution in [0.5, 0.6) is 11.5 Å². The predicted octanol–water partition coefficient (Wildman–Crippen LogP) is 3.14. The highest BCUT2D eigenvalue weighted by molar-refractivity contribution is 5.91. The lowest BCUT2D eigenvalue weighted by molar-refractivity contribution is -0.165. The van der Waals surface area contributed by atoms with Gasteiger partial charge in [-0.05, 0) is 24.3 Å². The van der Waals surface area contributed by atoms with Crippen LogP contribution >= 0.6 is 0 Å². The maximum absolute atomic E-state index is 14.5. The van der Waals surface area contributed by atoms with Crippen molar-refractivity contribution in [1.82, 2.24) is 4.98 Å². The Morgan fingerprint density at radius 1 is 0.587 bits per heavy atom. The van der Waals surface area contributed by atoms with Gasteiger partial charge in [-0.25, -0.2) is 14.2 Å². The van der Waals surface area contributed by atoms with Crippen molar-refractivity contribution in [3.8, 4) is 23.1 Å². The number of benzene rings is 2. The van der Waals surface area contributed by atoms with E-state index in [0.29, 0.717) is 5.39 Å². The highest BCUT2D eigenvalue weighted by atomic mass is 19.1. The number of ether oxygens (including phenoxy) is 10. The van der Waals surface area contributed by atoms with Gasteiger partial charge in [-0.1, -0.05) is 0 Å². The molecule has 0 amide bonds. The average Bonchev–Trinajstić information content (AvgIpc) is 3.86. The molecular formula is C39H40FN3O20. The third kappa shape index (κ3) is 15.6. The first-order valence-corrected chi connectivity index (χ1v) is 18.2. The van der Waals surface area contributed by atoms with E-state index < -0.39 is 101 Å². The lowest BCUT2D eigenvalue weighted by Crippen LogP contribution is -2.37. The fourth-order valence-electron chi connectivity index (χ4n) is 4.91. The van der Waals surface area contributed by atoms with E-state index in [9.17, 15) is 42.7 Å². The van der Waals surface area contributed by atoms with Crippen LogP contribution in [0.3, 0.4) is 0 Å². The van der Waals surface area contributed by atoms with E-state index in [0.717, 1.165) is 57.8 Å². The van der Waals surface area contributed by atoms with E-state index in [1.807, 2.05) is 0 Å². The van der Waals surface area contributed by atoms with Crippen LogP contribution < -0.4 is 19.3 Å². The Morgan fingerprint density at radius 2 is 1.11 bits per heavy atom. The largest absolute Gasteiger partial charge is 0.488 e. The van der Waals surface area contributed by atoms with Crippen molar-refractivity contribution in [2.75, 3.05) is 69.9 Å². The van der Waals surface area contributed by atoms with Gasteiger partial charge in [0.1, 0.15) is 49.2 Å². The molecule has 0 bridgehead atoms. The normalized spacial score (nSPS) is 10.5. The smallest absolute Gasteiger partial charge is 0.378 e. The van der Waals surface area contributed by atoms with Crippen molar-refractivity contribution >= 4 is 70.1 Å². The molecule has 0 unspecified atom stereocenters. The Bertz CT molecular complexity index is 2250. The molecule has 24 heteroatoms. The number of fused-ring (bicyclic) bond motifs is 1. The van der Waals surface area contributed by atoms with Gasteiger partial charge in [0.2, 0.25) is 26.1 Å². The molecule has 2 aromatic heterocycles. The zero-order valence-electron chi connectivity index (χ0n) is 34.3. The summed E-state index contributed by atoms with van der Waals surface area (Å²) < 4.78 is 76.8. The Kier molecular flexibility index (Phi) is 17.6. The van der Waals surface area contributed by atoms with Crippen LogP contribution in [0.15, 0.2) is 51.4 Å². The van der Waals surface area contributed by atoms with Gasteiger partial charge in [-0.3, -0.25) is 33.6 Å². The zero-order valence-corrected chi connectivity index (χ0v) is 34.3. The Balaban J connectivity index is 1.68. The number of nitrogens with zero attached hydrogens (tertiary/aromatic N) is 3. The monoisotopic (exact) mass is 889 g/mol. The summed E-state index contributed by atoms with van der Waals surface area (Å²) in [4.78, 5) is 101. The SMILES string of the molecule is CC(=O)OCOC(=O)CN(CC(=O)OCOC(C)=O)c1cc2oc(-c3ncc(C(=O)OCOC(C)=O)o3)cc2cc1OCCOc1cc(F)ccc1N(COC(C)=O)COC(C)=O. The summed E-state index contributed by atoms with van der Waals surface area (Å²) in [7, 11) is 0. The first-order chi connectivity index (χ1) is 30.0. The molecule has 2 aromatic carbocycles. The van der Waals surface area contributed by atoms with Gasteiger partial charge >= 0.3 is 47.8 Å². The van der Waals surface area contributed by atoms with E-state index in [1.54, 1.807) is 0 Å². The molecule has 0 aliphatic carbocycles. The van der Waals surface area contributed by atoms with Gasteiger partial charge in [-0.15, -0.1) is 0 Å². The first kappa shape index (κ1) is 47.8. The fraction of sp³-hybridized carbons (Fsp3) is 0.359. The number of halogens is 1. The van der Waals surface area contributed by atoms with Gasteiger partial charge in [0.25, 0.3) is 5.89 Å². The van der Waals surface area contributed by atoms with Crippen molar-refractivity contribution in [2.24, 2.45) is 0 Å². The minimum atomic E-state index is -1.00. The standard InChI is InChI=1S/C39H40FN3O20/c1-22(44)54-17-43(18-55-23(2)45)29-7-6-28(40)12-33(29)53-9-8-52-32-10-27-11-34(38-41-14-35(63-38)39(51)61-21-58-26(5)48)62-31(27)13-30(32)42(15-36(49)59-19-56-24(3)46)16-37(50)60-20-57-25(4)47/h6-7,10-14H,8-9,15-21H2,1-5H3. The van der Waals surface area contributed by atoms with Gasteiger partial charge < -0.3 is 66.0 Å². The van der Waals surface area contributed by atoms with Gasteiger partial charge in [0.05, 0.1) is 17.6 Å². The third-order valence-corrected chi connectivity index (χ3v) is 7.62. The van der Waals surface area contributed by atoms with E-state index >= 15 is 0 Å². The molecule has 63 heavy (non-hydrogen) atoms. The summed E-state index contributed by atoms with van der Waals surface area (Å²) in [5.74, 6) is -7.81. The molecule has 4 rings (SSSR count). The van der Waals surface area contributed by atoms with Gasteiger partial charge in [0.15, 0.2) is 19.2 Å². The van der Waals surface area contributed by atoms with Crippen molar-refractivity contribution < 1.29 is 98.9 Å². The molecule has 2 heterocycles. The average molecular weight is 890 g/mol. The van der Waals surface area contributed by atoms with Crippen LogP contribution in [0.2, 0.25) is 0 Å². The Morgan fingerprint density at radius 3 is 1.65 bits per heavy atom. The summed E-state index contributed by atoms with van der Waals surface area (Å²) in [6, 6.07) is 7.69. The second-order valence-corrected chi connectivity index (χ2v) is 12.5. The molecule has 0 fully saturated rings. The number of carbonyl (C=O) groups excluding carboxylic acids is 8. The number of esters is 8. The van der Waals surface area contributed by atoms with Crippen LogP contribution in [0.25, 0.3) is 22.6 Å². The number of aromatic nitrogens is 1. The number of anilines is 2. The highest BCUT2D eigenvalue weighted by Crippen LogP contribution is 2.38. The van der Waals surface area contributed by atoms with Crippen molar-refractivity contribution in [2.45, 2.75) is 34.6 Å². The van der Waals surface area contributed by atoms with Crippen molar-refractivity contribution in [3.63, 3.8) is 0 Å². The van der Waals surface area contributed by atoms with E-state index in [-0.39, 0.29) is 59.1 Å². The topological polar surface area (TPSA) is 275 Å². The van der Waals surface area contributed by atoms with Crippen LogP contribution in [-0.4, -0.2) is 113 Å². The molecule has 0 spiro atoms. The quantitative estimate of drug-likeness (QED) is 0.0448. The molecule has 0 N–H and O–H groups in total. The molecule has 0 aliphatic rings. The van der Waals surface area contributed by atoms with Crippen LogP contribution in [0, 0.1) is 5.82 Å².